The number of fused-ring (bicyclic) bond motifs is 7. The molecule has 0 aliphatic heterocycles. The van der Waals surface area contributed by atoms with E-state index < -0.39 is 0 Å². The Labute approximate surface area is 460 Å². The zero-order valence-corrected chi connectivity index (χ0v) is 47.7. The molecular formula is C70H77ClN2Pt. The Bertz CT molecular complexity index is 3090. The van der Waals surface area contributed by atoms with Crippen molar-refractivity contribution in [2.45, 2.75) is 167 Å². The first kappa shape index (κ1) is 53.7. The van der Waals surface area contributed by atoms with Crippen LogP contribution in [0, 0.1) is 6.07 Å². The van der Waals surface area contributed by atoms with Crippen molar-refractivity contribution in [3.8, 4) is 67.2 Å². The molecule has 0 spiro atoms. The molecule has 74 heavy (non-hydrogen) atoms. The molecule has 0 radical (unpaired) electrons. The third-order valence-corrected chi connectivity index (χ3v) is 16.8. The van der Waals surface area contributed by atoms with Crippen LogP contribution in [0.5, 0.6) is 0 Å². The van der Waals surface area contributed by atoms with Gasteiger partial charge in [-0.25, -0.2) is 0 Å². The molecule has 0 atom stereocenters. The molecule has 0 saturated heterocycles. The van der Waals surface area contributed by atoms with Crippen LogP contribution in [0.25, 0.3) is 77.9 Å². The number of rotatable bonds is 24. The van der Waals surface area contributed by atoms with Crippen LogP contribution < -0.4 is 0 Å². The van der Waals surface area contributed by atoms with Gasteiger partial charge in [0.25, 0.3) is 0 Å². The maximum absolute atomic E-state index is 5.29. The number of unbranched alkanes of at least 4 members (excludes halogenated alkanes) is 12. The maximum atomic E-state index is 5.29. The molecule has 0 amide bonds. The summed E-state index contributed by atoms with van der Waals surface area (Å²) in [6.45, 7) is 9.37. The third kappa shape index (κ3) is 11.2. The van der Waals surface area contributed by atoms with Gasteiger partial charge in [-0.3, -0.25) is 9.97 Å². The molecule has 8 aromatic rings. The SMILES string of the molecule is CCCCCCC1(CCCCCC)c2ccccc2-c2ccc(-c3ccc4c(c3)C(CCCCCC)(CCCCCC)c3cc(-c5cc(-c6[c-]cccc6)nc(-c6cc7ccccc7cn6)c5)ccc3-4)cc21.[Cl][Pt+]. The summed E-state index contributed by atoms with van der Waals surface area (Å²) in [5, 5.41) is 2.30. The van der Waals surface area contributed by atoms with Gasteiger partial charge < -0.3 is 0 Å². The summed E-state index contributed by atoms with van der Waals surface area (Å²) in [4.78, 5) is 10.3. The summed E-state index contributed by atoms with van der Waals surface area (Å²) >= 11 is 1.61. The molecular weight excluding hydrogens is 1100 g/mol. The minimum absolute atomic E-state index is 0.0602. The monoisotopic (exact) mass is 1180 g/mol. The first-order valence-electron chi connectivity index (χ1n) is 28.5. The second-order valence-corrected chi connectivity index (χ2v) is 21.6. The average molecular weight is 1180 g/mol. The second-order valence-electron chi connectivity index (χ2n) is 21.6. The van der Waals surface area contributed by atoms with Crippen LogP contribution in [0.3, 0.4) is 0 Å². The van der Waals surface area contributed by atoms with Crippen molar-refractivity contribution >= 4 is 20.2 Å². The molecule has 2 aliphatic rings. The van der Waals surface area contributed by atoms with E-state index in [9.17, 15) is 0 Å². The number of hydrogen-bond donors (Lipinski definition) is 0. The van der Waals surface area contributed by atoms with Crippen molar-refractivity contribution in [1.29, 1.82) is 0 Å². The summed E-state index contributed by atoms with van der Waals surface area (Å²) in [5.41, 5.74) is 20.8. The van der Waals surface area contributed by atoms with E-state index >= 15 is 0 Å². The Balaban J connectivity index is 0.00000332. The van der Waals surface area contributed by atoms with E-state index in [1.165, 1.54) is 171 Å². The molecule has 0 bridgehead atoms. The Morgan fingerprint density at radius 2 is 0.838 bits per heavy atom. The van der Waals surface area contributed by atoms with Gasteiger partial charge in [-0.15, -0.1) is 35.9 Å². The van der Waals surface area contributed by atoms with E-state index in [2.05, 4.69) is 177 Å². The van der Waals surface area contributed by atoms with Crippen molar-refractivity contribution in [3.63, 3.8) is 0 Å². The molecule has 0 saturated carbocycles. The van der Waals surface area contributed by atoms with Crippen molar-refractivity contribution in [2.24, 2.45) is 0 Å². The third-order valence-electron chi connectivity index (χ3n) is 16.8. The molecule has 2 heterocycles. The zero-order chi connectivity index (χ0) is 51.3. The van der Waals surface area contributed by atoms with Gasteiger partial charge >= 0.3 is 28.2 Å². The molecule has 0 N–H and O–H groups in total. The van der Waals surface area contributed by atoms with Crippen LogP contribution in [-0.4, -0.2) is 9.97 Å². The summed E-state index contributed by atoms with van der Waals surface area (Å²) in [6.07, 6.45) is 27.2. The fraction of sp³-hybridized carbons (Fsp3) is 0.371. The Kier molecular flexibility index (Phi) is 18.6. The number of hydrogen-bond acceptors (Lipinski definition) is 2. The van der Waals surface area contributed by atoms with E-state index in [-0.39, 0.29) is 10.8 Å². The van der Waals surface area contributed by atoms with Crippen molar-refractivity contribution < 1.29 is 18.8 Å². The molecule has 2 aromatic heterocycles. The van der Waals surface area contributed by atoms with Gasteiger partial charge in [0.15, 0.2) is 0 Å². The molecule has 2 nitrogen and oxygen atoms in total. The van der Waals surface area contributed by atoms with Crippen molar-refractivity contribution in [3.05, 3.63) is 180 Å². The van der Waals surface area contributed by atoms with Crippen LogP contribution >= 0.6 is 9.42 Å². The van der Waals surface area contributed by atoms with E-state index in [0.29, 0.717) is 0 Å². The predicted octanol–water partition coefficient (Wildman–Crippen LogP) is 21.2. The zero-order valence-electron chi connectivity index (χ0n) is 44.7. The second kappa shape index (κ2) is 25.6. The Morgan fingerprint density at radius 1 is 0.392 bits per heavy atom. The molecule has 6 aromatic carbocycles. The van der Waals surface area contributed by atoms with Gasteiger partial charge in [0.05, 0.1) is 11.4 Å². The van der Waals surface area contributed by atoms with Gasteiger partial charge in [0.2, 0.25) is 0 Å². The average Bonchev–Trinajstić information content (AvgIpc) is 3.90. The number of halogens is 1. The van der Waals surface area contributed by atoms with Crippen LogP contribution in [0.4, 0.5) is 0 Å². The topological polar surface area (TPSA) is 25.8 Å². The van der Waals surface area contributed by atoms with E-state index in [1.807, 2.05) is 18.3 Å². The summed E-state index contributed by atoms with van der Waals surface area (Å²) < 4.78 is 0. The normalized spacial score (nSPS) is 13.5. The van der Waals surface area contributed by atoms with Crippen LogP contribution in [0.15, 0.2) is 152 Å². The van der Waals surface area contributed by atoms with Gasteiger partial charge in [0.1, 0.15) is 0 Å². The number of nitrogens with zero attached hydrogens (tertiary/aromatic N) is 2. The number of aromatic nitrogens is 2. The van der Waals surface area contributed by atoms with Crippen LogP contribution in [-0.2, 0) is 29.6 Å². The summed E-state index contributed by atoms with van der Waals surface area (Å²) in [6, 6.07) is 59.1. The Hall–Kier alpha value is -5.14. The van der Waals surface area contributed by atoms with Crippen LogP contribution in [0.1, 0.15) is 178 Å². The fourth-order valence-corrected chi connectivity index (χ4v) is 13.0. The van der Waals surface area contributed by atoms with Crippen LogP contribution in [0.2, 0.25) is 0 Å². The summed E-state index contributed by atoms with van der Waals surface area (Å²) in [5.74, 6) is 0. The molecule has 384 valence electrons. The fourth-order valence-electron chi connectivity index (χ4n) is 13.0. The first-order chi connectivity index (χ1) is 36.5. The Morgan fingerprint density at radius 3 is 1.35 bits per heavy atom. The minimum atomic E-state index is -0.0841. The standard InChI is InChI=1S/C70H77N2.ClH.Pt/c1-5-9-13-24-40-69(41-25-14-10-6-2)62-33-23-22-32-58(62)59-37-34-53(44-63(59)69)54-35-38-60-61-39-36-55(46-65(61)70(64(60)45-54,42-26-15-11-7-3)43-27-16-12-8-4)57-48-66(51-28-18-17-19-29-51)72-68(49-57)67-47-52-30-20-21-31-56(52)50-71-67;;/h17-23,28,30-39,44-50H,5-16,24-27,40-43H2,1-4H3;1H;/q-1;;+2/p-1. The van der Waals surface area contributed by atoms with Gasteiger partial charge in [0, 0.05) is 22.4 Å². The quantitative estimate of drug-likeness (QED) is 0.0445. The van der Waals surface area contributed by atoms with E-state index in [4.69, 9.17) is 9.97 Å². The first-order valence-corrected chi connectivity index (χ1v) is 31.3. The number of benzene rings is 6. The van der Waals surface area contributed by atoms with E-state index in [1.54, 1.807) is 35.5 Å². The molecule has 4 heteroatoms. The summed E-state index contributed by atoms with van der Waals surface area (Å²) in [7, 11) is 4.61. The van der Waals surface area contributed by atoms with Gasteiger partial charge in [-0.1, -0.05) is 221 Å². The van der Waals surface area contributed by atoms with Gasteiger partial charge in [-0.2, -0.15) is 0 Å². The molecule has 0 unspecified atom stereocenters. The predicted molar refractivity (Wildman–Crippen MR) is 313 cm³/mol. The molecule has 0 fully saturated rings. The van der Waals surface area contributed by atoms with Crippen molar-refractivity contribution in [1.82, 2.24) is 9.97 Å². The van der Waals surface area contributed by atoms with E-state index in [0.717, 1.165) is 40.9 Å². The molecule has 2 aliphatic carbocycles. The van der Waals surface area contributed by atoms with Crippen molar-refractivity contribution in [2.75, 3.05) is 0 Å². The number of pyridine rings is 2. The van der Waals surface area contributed by atoms with Gasteiger partial charge in [-0.05, 0) is 134 Å². The molecule has 10 rings (SSSR count).